The molecule has 4 rings (SSSR count). The van der Waals surface area contributed by atoms with Crippen LogP contribution in [0.4, 0.5) is 0 Å². The van der Waals surface area contributed by atoms with Crippen LogP contribution >= 0.6 is 0 Å². The van der Waals surface area contributed by atoms with E-state index in [4.69, 9.17) is 4.74 Å². The number of allylic oxidation sites excluding steroid dienone is 1. The predicted octanol–water partition coefficient (Wildman–Crippen LogP) is 8.04. The van der Waals surface area contributed by atoms with Crippen LogP contribution in [0.5, 0.6) is 0 Å². The third-order valence-corrected chi connectivity index (χ3v) is 10.6. The van der Waals surface area contributed by atoms with Crippen LogP contribution in [0.15, 0.2) is 11.6 Å². The molecule has 0 aromatic heterocycles. The molecule has 0 N–H and O–H groups in total. The van der Waals surface area contributed by atoms with Gasteiger partial charge in [-0.2, -0.15) is 0 Å². The lowest BCUT2D eigenvalue weighted by Crippen LogP contribution is -2.50. The number of ether oxygens (including phenoxy) is 1. The molecule has 0 heterocycles. The van der Waals surface area contributed by atoms with E-state index in [0.29, 0.717) is 16.9 Å². The summed E-state index contributed by atoms with van der Waals surface area (Å²) in [6.07, 6.45) is 18.7. The van der Waals surface area contributed by atoms with Gasteiger partial charge < -0.3 is 4.74 Å². The molecular formula is C28H48O. The molecule has 4 aliphatic carbocycles. The van der Waals surface area contributed by atoms with E-state index >= 15 is 0 Å². The van der Waals surface area contributed by atoms with Crippen LogP contribution in [0.2, 0.25) is 0 Å². The van der Waals surface area contributed by atoms with Crippen molar-refractivity contribution >= 4 is 0 Å². The molecule has 0 amide bonds. The van der Waals surface area contributed by atoms with Crippen molar-refractivity contribution in [1.82, 2.24) is 0 Å². The lowest BCUT2D eigenvalue weighted by molar-refractivity contribution is -0.0601. The standard InChI is InChI=1S/C28H48O/c1-19(2)8-7-9-20(3)24-12-13-25-23-11-10-21-18-22(29-6)14-16-27(21,4)26(23)15-17-28(24,25)5/h10,19-20,22-26H,7-9,11-18H2,1-6H3/t20-,22+,23?,24-,25?,26?,27+,28-/m0/s1. The highest BCUT2D eigenvalue weighted by atomic mass is 16.5. The Morgan fingerprint density at radius 1 is 1.00 bits per heavy atom. The molecule has 0 aromatic carbocycles. The van der Waals surface area contributed by atoms with Gasteiger partial charge in [0.1, 0.15) is 0 Å². The molecule has 3 fully saturated rings. The van der Waals surface area contributed by atoms with Gasteiger partial charge in [0, 0.05) is 7.11 Å². The van der Waals surface area contributed by atoms with E-state index in [0.717, 1.165) is 35.5 Å². The van der Waals surface area contributed by atoms with Crippen molar-refractivity contribution < 1.29 is 4.74 Å². The molecule has 0 aromatic rings. The molecule has 1 heteroatoms. The highest BCUT2D eigenvalue weighted by Gasteiger charge is 2.59. The first-order chi connectivity index (χ1) is 13.8. The Hall–Kier alpha value is -0.300. The third kappa shape index (κ3) is 3.77. The van der Waals surface area contributed by atoms with Gasteiger partial charge in [-0.15, -0.1) is 0 Å². The fraction of sp³-hybridized carbons (Fsp3) is 0.929. The molecule has 166 valence electrons. The minimum Gasteiger partial charge on any atom is -0.381 e. The van der Waals surface area contributed by atoms with Crippen LogP contribution in [-0.4, -0.2) is 13.2 Å². The largest absolute Gasteiger partial charge is 0.381 e. The summed E-state index contributed by atoms with van der Waals surface area (Å²) < 4.78 is 5.75. The van der Waals surface area contributed by atoms with E-state index in [1.54, 1.807) is 5.57 Å². The van der Waals surface area contributed by atoms with Gasteiger partial charge in [0.2, 0.25) is 0 Å². The maximum Gasteiger partial charge on any atom is 0.0608 e. The van der Waals surface area contributed by atoms with Crippen molar-refractivity contribution in [2.45, 2.75) is 111 Å². The Morgan fingerprint density at radius 2 is 1.79 bits per heavy atom. The molecule has 0 spiro atoms. The first-order valence-electron chi connectivity index (χ1n) is 13.0. The molecule has 4 aliphatic rings. The summed E-state index contributed by atoms with van der Waals surface area (Å²) in [6.45, 7) is 12.7. The zero-order valence-electron chi connectivity index (χ0n) is 20.3. The minimum absolute atomic E-state index is 0.472. The number of fused-ring (bicyclic) bond motifs is 5. The molecule has 1 nitrogen and oxygen atoms in total. The molecule has 8 atom stereocenters. The second-order valence-electron chi connectivity index (χ2n) is 12.4. The summed E-state index contributed by atoms with van der Waals surface area (Å²) in [7, 11) is 1.91. The second kappa shape index (κ2) is 8.33. The molecule has 0 aliphatic heterocycles. The van der Waals surface area contributed by atoms with Crippen molar-refractivity contribution in [3.8, 4) is 0 Å². The van der Waals surface area contributed by atoms with Gasteiger partial charge in [-0.05, 0) is 97.7 Å². The van der Waals surface area contributed by atoms with Crippen LogP contribution in [0.1, 0.15) is 105 Å². The first kappa shape index (κ1) is 21.9. The van der Waals surface area contributed by atoms with Gasteiger partial charge in [-0.1, -0.05) is 65.5 Å². The number of methoxy groups -OCH3 is 1. The van der Waals surface area contributed by atoms with Gasteiger partial charge in [-0.25, -0.2) is 0 Å². The summed E-state index contributed by atoms with van der Waals surface area (Å²) in [5.41, 5.74) is 2.85. The first-order valence-corrected chi connectivity index (χ1v) is 13.0. The molecular weight excluding hydrogens is 352 g/mol. The van der Waals surface area contributed by atoms with Crippen LogP contribution in [0.25, 0.3) is 0 Å². The second-order valence-corrected chi connectivity index (χ2v) is 12.4. The van der Waals surface area contributed by atoms with E-state index in [1.165, 1.54) is 70.6 Å². The summed E-state index contributed by atoms with van der Waals surface area (Å²) in [5, 5.41) is 0. The average Bonchev–Trinajstić information content (AvgIpc) is 3.04. The lowest BCUT2D eigenvalue weighted by Gasteiger charge is -2.58. The maximum absolute atomic E-state index is 5.75. The van der Waals surface area contributed by atoms with E-state index < -0.39 is 0 Å². The molecule has 0 bridgehead atoms. The van der Waals surface area contributed by atoms with Gasteiger partial charge in [0.15, 0.2) is 0 Å². The van der Waals surface area contributed by atoms with Crippen molar-refractivity contribution in [2.75, 3.05) is 7.11 Å². The number of hydrogen-bond acceptors (Lipinski definition) is 1. The summed E-state index contributed by atoms with van der Waals surface area (Å²) in [5.74, 6) is 5.63. The topological polar surface area (TPSA) is 9.23 Å². The Balaban J connectivity index is 1.48. The van der Waals surface area contributed by atoms with Crippen LogP contribution in [0, 0.1) is 46.3 Å². The Bertz CT molecular complexity index is 605. The monoisotopic (exact) mass is 400 g/mol. The van der Waals surface area contributed by atoms with Crippen LogP contribution in [-0.2, 0) is 4.74 Å². The van der Waals surface area contributed by atoms with E-state index in [-0.39, 0.29) is 0 Å². The third-order valence-electron chi connectivity index (χ3n) is 10.6. The van der Waals surface area contributed by atoms with E-state index in [1.807, 2.05) is 7.11 Å². The molecule has 3 unspecified atom stereocenters. The highest BCUT2D eigenvalue weighted by Crippen LogP contribution is 2.67. The van der Waals surface area contributed by atoms with Crippen molar-refractivity contribution in [1.29, 1.82) is 0 Å². The lowest BCUT2D eigenvalue weighted by atomic mass is 9.47. The molecule has 0 radical (unpaired) electrons. The molecule has 0 saturated heterocycles. The quantitative estimate of drug-likeness (QED) is 0.410. The van der Waals surface area contributed by atoms with Gasteiger partial charge in [0.25, 0.3) is 0 Å². The summed E-state index contributed by atoms with van der Waals surface area (Å²) in [6, 6.07) is 0. The highest BCUT2D eigenvalue weighted by molar-refractivity contribution is 5.25. The van der Waals surface area contributed by atoms with Gasteiger partial charge in [0.05, 0.1) is 6.10 Å². The fourth-order valence-electron chi connectivity index (χ4n) is 8.85. The Kier molecular flexibility index (Phi) is 6.29. The minimum atomic E-state index is 0.472. The Labute approximate surface area is 181 Å². The average molecular weight is 401 g/mol. The molecule has 29 heavy (non-hydrogen) atoms. The Morgan fingerprint density at radius 3 is 2.52 bits per heavy atom. The number of rotatable bonds is 6. The van der Waals surface area contributed by atoms with Crippen LogP contribution in [0.3, 0.4) is 0 Å². The van der Waals surface area contributed by atoms with Gasteiger partial charge in [-0.3, -0.25) is 0 Å². The normalized spacial score (nSPS) is 45.3. The summed E-state index contributed by atoms with van der Waals surface area (Å²) >= 11 is 0. The smallest absolute Gasteiger partial charge is 0.0608 e. The van der Waals surface area contributed by atoms with Crippen molar-refractivity contribution in [2.24, 2.45) is 46.3 Å². The van der Waals surface area contributed by atoms with Gasteiger partial charge >= 0.3 is 0 Å². The predicted molar refractivity (Wildman–Crippen MR) is 124 cm³/mol. The maximum atomic E-state index is 5.75. The zero-order valence-corrected chi connectivity index (χ0v) is 20.3. The number of hydrogen-bond donors (Lipinski definition) is 0. The van der Waals surface area contributed by atoms with Crippen molar-refractivity contribution in [3.05, 3.63) is 11.6 Å². The molecule has 3 saturated carbocycles. The SMILES string of the molecule is CO[C@@H]1CC[C@]2(C)C(=CCC3C2CC[C@]2(C)C3CC[C@H]2[C@@H](C)CCCC(C)C)C1. The van der Waals surface area contributed by atoms with Crippen LogP contribution < -0.4 is 0 Å². The summed E-state index contributed by atoms with van der Waals surface area (Å²) in [4.78, 5) is 0. The van der Waals surface area contributed by atoms with Crippen molar-refractivity contribution in [3.63, 3.8) is 0 Å². The van der Waals surface area contributed by atoms with E-state index in [9.17, 15) is 0 Å². The fourth-order valence-corrected chi connectivity index (χ4v) is 8.85. The zero-order chi connectivity index (χ0) is 20.8. The van der Waals surface area contributed by atoms with E-state index in [2.05, 4.69) is 40.7 Å².